The molecule has 0 aliphatic heterocycles. The van der Waals surface area contributed by atoms with Crippen LogP contribution in [0.2, 0.25) is 5.02 Å². The van der Waals surface area contributed by atoms with Crippen molar-refractivity contribution in [2.24, 2.45) is 0 Å². The highest BCUT2D eigenvalue weighted by Crippen LogP contribution is 2.29. The topological polar surface area (TPSA) is 79.6 Å². The van der Waals surface area contributed by atoms with Crippen LogP contribution < -0.4 is 9.62 Å². The third kappa shape index (κ3) is 4.55. The minimum Gasteiger partial charge on any atom is -0.467 e. The number of benzene rings is 2. The van der Waals surface area contributed by atoms with Crippen molar-refractivity contribution in [3.05, 3.63) is 83.3 Å². The minimum atomic E-state index is -3.97. The first-order chi connectivity index (χ1) is 13.4. The normalized spacial score (nSPS) is 11.2. The maximum Gasteiger partial charge on any atom is 0.264 e. The van der Waals surface area contributed by atoms with Gasteiger partial charge in [-0.1, -0.05) is 35.9 Å². The number of amides is 1. The number of aryl methyl sites for hydroxylation is 1. The van der Waals surface area contributed by atoms with Gasteiger partial charge in [-0.05, 0) is 48.9 Å². The Balaban J connectivity index is 1.93. The monoisotopic (exact) mass is 418 g/mol. The lowest BCUT2D eigenvalue weighted by atomic mass is 10.2. The lowest BCUT2D eigenvalue weighted by Gasteiger charge is -2.25. The molecule has 0 aliphatic rings. The standard InChI is InChI=1S/C20H19ClN2O4S/c1-15-9-10-16(21)12-19(15)23(28(25,26)18-7-3-2-4-8-18)14-20(24)22-13-17-6-5-11-27-17/h2-12H,13-14H2,1H3,(H,22,24). The second kappa shape index (κ2) is 8.50. The molecule has 0 spiro atoms. The summed E-state index contributed by atoms with van der Waals surface area (Å²) in [7, 11) is -3.97. The largest absolute Gasteiger partial charge is 0.467 e. The van der Waals surface area contributed by atoms with Crippen LogP contribution in [0, 0.1) is 6.92 Å². The number of rotatable bonds is 7. The zero-order valence-corrected chi connectivity index (χ0v) is 16.7. The molecule has 0 unspecified atom stereocenters. The second-order valence-corrected chi connectivity index (χ2v) is 8.41. The number of furan rings is 1. The Morgan fingerprint density at radius 1 is 1.11 bits per heavy atom. The molecule has 1 heterocycles. The highest BCUT2D eigenvalue weighted by molar-refractivity contribution is 7.92. The van der Waals surface area contributed by atoms with Gasteiger partial charge in [-0.2, -0.15) is 0 Å². The van der Waals surface area contributed by atoms with Gasteiger partial charge < -0.3 is 9.73 Å². The fourth-order valence-corrected chi connectivity index (χ4v) is 4.32. The maximum atomic E-state index is 13.2. The molecule has 2 aromatic carbocycles. The Kier molecular flexibility index (Phi) is 6.06. The van der Waals surface area contributed by atoms with E-state index >= 15 is 0 Å². The summed E-state index contributed by atoms with van der Waals surface area (Å²) in [6.45, 7) is 1.54. The van der Waals surface area contributed by atoms with Gasteiger partial charge in [0.05, 0.1) is 23.4 Å². The van der Waals surface area contributed by atoms with Crippen molar-refractivity contribution in [1.29, 1.82) is 0 Å². The molecule has 0 bridgehead atoms. The molecule has 1 amide bonds. The molecular weight excluding hydrogens is 400 g/mol. The van der Waals surface area contributed by atoms with Gasteiger partial charge >= 0.3 is 0 Å². The Hall–Kier alpha value is -2.77. The fraction of sp³-hybridized carbons (Fsp3) is 0.150. The number of nitrogens with zero attached hydrogens (tertiary/aromatic N) is 1. The van der Waals surface area contributed by atoms with Crippen molar-refractivity contribution in [3.8, 4) is 0 Å². The third-order valence-corrected chi connectivity index (χ3v) is 6.11. The molecule has 3 rings (SSSR count). The van der Waals surface area contributed by atoms with Gasteiger partial charge in [0.2, 0.25) is 5.91 Å². The van der Waals surface area contributed by atoms with Gasteiger partial charge in [-0.25, -0.2) is 8.42 Å². The van der Waals surface area contributed by atoms with Crippen molar-refractivity contribution in [2.75, 3.05) is 10.8 Å². The summed E-state index contributed by atoms with van der Waals surface area (Å²) in [5, 5.41) is 3.05. The number of carbonyl (C=O) groups excluding carboxylic acids is 1. The Morgan fingerprint density at radius 2 is 1.86 bits per heavy atom. The average Bonchev–Trinajstić information content (AvgIpc) is 3.21. The van der Waals surface area contributed by atoms with Gasteiger partial charge in [-0.3, -0.25) is 9.10 Å². The number of hydrogen-bond acceptors (Lipinski definition) is 4. The molecule has 0 fully saturated rings. The molecule has 8 heteroatoms. The van der Waals surface area contributed by atoms with Crippen LogP contribution in [0.4, 0.5) is 5.69 Å². The van der Waals surface area contributed by atoms with E-state index in [1.807, 2.05) is 0 Å². The zero-order chi connectivity index (χ0) is 20.1. The molecule has 3 aromatic rings. The minimum absolute atomic E-state index is 0.0909. The number of sulfonamides is 1. The van der Waals surface area contributed by atoms with E-state index in [4.69, 9.17) is 16.0 Å². The van der Waals surface area contributed by atoms with Crippen molar-refractivity contribution in [2.45, 2.75) is 18.4 Å². The number of carbonyl (C=O) groups is 1. The van der Waals surface area contributed by atoms with E-state index in [0.717, 1.165) is 4.31 Å². The molecule has 146 valence electrons. The Labute approximate surface area is 168 Å². The number of nitrogens with one attached hydrogen (secondary N) is 1. The summed E-state index contributed by atoms with van der Waals surface area (Å²) in [6, 6.07) is 16.3. The van der Waals surface area contributed by atoms with Crippen LogP contribution in [0.1, 0.15) is 11.3 Å². The summed E-state index contributed by atoms with van der Waals surface area (Å²) in [6.07, 6.45) is 1.50. The van der Waals surface area contributed by atoms with Crippen LogP contribution in [0.5, 0.6) is 0 Å². The lowest BCUT2D eigenvalue weighted by Crippen LogP contribution is -2.41. The number of anilines is 1. The van der Waals surface area contributed by atoms with E-state index < -0.39 is 15.9 Å². The van der Waals surface area contributed by atoms with E-state index in [9.17, 15) is 13.2 Å². The third-order valence-electron chi connectivity index (χ3n) is 4.10. The van der Waals surface area contributed by atoms with E-state index in [0.29, 0.717) is 22.0 Å². The summed E-state index contributed by atoms with van der Waals surface area (Å²) >= 11 is 6.09. The zero-order valence-electron chi connectivity index (χ0n) is 15.1. The van der Waals surface area contributed by atoms with Gasteiger partial charge in [0.15, 0.2) is 0 Å². The maximum absolute atomic E-state index is 13.2. The number of halogens is 1. The van der Waals surface area contributed by atoms with E-state index in [2.05, 4.69) is 5.32 Å². The van der Waals surface area contributed by atoms with Gasteiger partial charge in [0.1, 0.15) is 12.3 Å². The molecule has 0 aliphatic carbocycles. The van der Waals surface area contributed by atoms with E-state index in [1.54, 1.807) is 49.4 Å². The van der Waals surface area contributed by atoms with Gasteiger partial charge in [0.25, 0.3) is 10.0 Å². The smallest absolute Gasteiger partial charge is 0.264 e. The Bertz CT molecular complexity index is 1050. The van der Waals surface area contributed by atoms with Crippen molar-refractivity contribution < 1.29 is 17.6 Å². The fourth-order valence-electron chi connectivity index (χ4n) is 2.66. The first kappa shape index (κ1) is 20.0. The number of hydrogen-bond donors (Lipinski definition) is 1. The summed E-state index contributed by atoms with van der Waals surface area (Å²) in [5.41, 5.74) is 1.03. The first-order valence-electron chi connectivity index (χ1n) is 8.51. The van der Waals surface area contributed by atoms with Gasteiger partial charge in [0, 0.05) is 5.02 Å². The second-order valence-electron chi connectivity index (χ2n) is 6.11. The van der Waals surface area contributed by atoms with Crippen LogP contribution in [0.15, 0.2) is 76.2 Å². The summed E-state index contributed by atoms with van der Waals surface area (Å²) in [4.78, 5) is 12.6. The quantitative estimate of drug-likeness (QED) is 0.633. The average molecular weight is 419 g/mol. The predicted molar refractivity (Wildman–Crippen MR) is 108 cm³/mol. The van der Waals surface area contributed by atoms with Crippen molar-refractivity contribution in [3.63, 3.8) is 0 Å². The SMILES string of the molecule is Cc1ccc(Cl)cc1N(CC(=O)NCc1ccco1)S(=O)(=O)c1ccccc1. The first-order valence-corrected chi connectivity index (χ1v) is 10.3. The van der Waals surface area contributed by atoms with E-state index in [1.165, 1.54) is 24.5 Å². The van der Waals surface area contributed by atoms with Crippen molar-refractivity contribution >= 4 is 33.2 Å². The lowest BCUT2D eigenvalue weighted by molar-refractivity contribution is -0.119. The molecule has 0 atom stereocenters. The summed E-state index contributed by atoms with van der Waals surface area (Å²) < 4.78 is 32.7. The molecule has 0 radical (unpaired) electrons. The molecule has 0 saturated heterocycles. The highest BCUT2D eigenvalue weighted by Gasteiger charge is 2.28. The molecule has 1 N–H and O–H groups in total. The molecule has 1 aromatic heterocycles. The van der Waals surface area contributed by atoms with Crippen LogP contribution >= 0.6 is 11.6 Å². The summed E-state index contributed by atoms with van der Waals surface area (Å²) in [5.74, 6) is 0.111. The van der Waals surface area contributed by atoms with Crippen LogP contribution in [-0.2, 0) is 21.4 Å². The van der Waals surface area contributed by atoms with E-state index in [-0.39, 0.29) is 18.0 Å². The van der Waals surface area contributed by atoms with Crippen LogP contribution in [0.25, 0.3) is 0 Å². The van der Waals surface area contributed by atoms with Crippen LogP contribution in [-0.4, -0.2) is 20.9 Å². The molecule has 6 nitrogen and oxygen atoms in total. The van der Waals surface area contributed by atoms with Crippen molar-refractivity contribution in [1.82, 2.24) is 5.32 Å². The van der Waals surface area contributed by atoms with Crippen LogP contribution in [0.3, 0.4) is 0 Å². The van der Waals surface area contributed by atoms with Gasteiger partial charge in [-0.15, -0.1) is 0 Å². The molecule has 28 heavy (non-hydrogen) atoms. The molecule has 0 saturated carbocycles. The highest BCUT2D eigenvalue weighted by atomic mass is 35.5. The predicted octanol–water partition coefficient (Wildman–Crippen LogP) is 3.75. The Morgan fingerprint density at radius 3 is 2.54 bits per heavy atom. The molecular formula is C20H19ClN2O4S.